The van der Waals surface area contributed by atoms with E-state index in [4.69, 9.17) is 10.5 Å². The van der Waals surface area contributed by atoms with Gasteiger partial charge in [0, 0.05) is 6.04 Å². The number of para-hydroxylation sites is 1. The van der Waals surface area contributed by atoms with Crippen LogP contribution in [0.4, 0.5) is 5.95 Å². The highest BCUT2D eigenvalue weighted by atomic mass is 32.2. The van der Waals surface area contributed by atoms with Crippen molar-refractivity contribution in [3.05, 3.63) is 18.2 Å². The first-order chi connectivity index (χ1) is 10.2. The van der Waals surface area contributed by atoms with Crippen molar-refractivity contribution < 1.29 is 4.74 Å². The summed E-state index contributed by atoms with van der Waals surface area (Å²) in [5.41, 5.74) is 8.08. The maximum absolute atomic E-state index is 6.15. The van der Waals surface area contributed by atoms with Crippen molar-refractivity contribution in [1.82, 2.24) is 9.55 Å². The highest BCUT2D eigenvalue weighted by Crippen LogP contribution is 2.31. The Hall–Kier alpha value is -1.36. The van der Waals surface area contributed by atoms with Gasteiger partial charge in [0.2, 0.25) is 5.95 Å². The first-order valence-electron chi connectivity index (χ1n) is 7.66. The summed E-state index contributed by atoms with van der Waals surface area (Å²) >= 11 is 1.96. The molecular weight excluding hydrogens is 282 g/mol. The molecule has 4 nitrogen and oxygen atoms in total. The molecular formula is C16H25N3OS. The fourth-order valence-electron chi connectivity index (χ4n) is 2.43. The van der Waals surface area contributed by atoms with Crippen LogP contribution >= 0.6 is 11.8 Å². The van der Waals surface area contributed by atoms with Crippen LogP contribution in [0.5, 0.6) is 5.75 Å². The number of ether oxygens (including phenoxy) is 1. The van der Waals surface area contributed by atoms with Crippen molar-refractivity contribution in [2.24, 2.45) is 0 Å². The molecule has 1 aromatic carbocycles. The summed E-state index contributed by atoms with van der Waals surface area (Å²) in [5.74, 6) is 3.70. The van der Waals surface area contributed by atoms with E-state index >= 15 is 0 Å². The lowest BCUT2D eigenvalue weighted by molar-refractivity contribution is 0.320. The Kier molecular flexibility index (Phi) is 5.79. The largest absolute Gasteiger partial charge is 0.491 e. The lowest BCUT2D eigenvalue weighted by Gasteiger charge is -2.15. The molecule has 21 heavy (non-hydrogen) atoms. The molecule has 116 valence electrons. The summed E-state index contributed by atoms with van der Waals surface area (Å²) < 4.78 is 7.91. The number of thioether (sulfide) groups is 1. The molecule has 0 aliphatic heterocycles. The van der Waals surface area contributed by atoms with Crippen molar-refractivity contribution in [3.63, 3.8) is 0 Å². The summed E-state index contributed by atoms with van der Waals surface area (Å²) in [7, 11) is 0. The summed E-state index contributed by atoms with van der Waals surface area (Å²) in [6.45, 7) is 7.19. The summed E-state index contributed by atoms with van der Waals surface area (Å²) in [6.07, 6.45) is 2.07. The number of nitrogens with two attached hydrogens (primary N) is 1. The maximum Gasteiger partial charge on any atom is 0.201 e. The second-order valence-electron chi connectivity index (χ2n) is 5.15. The number of nitrogens with zero attached hydrogens (tertiary/aromatic N) is 2. The van der Waals surface area contributed by atoms with Crippen LogP contribution in [0.1, 0.15) is 39.7 Å². The van der Waals surface area contributed by atoms with Crippen molar-refractivity contribution in [2.45, 2.75) is 39.7 Å². The van der Waals surface area contributed by atoms with E-state index in [1.165, 1.54) is 0 Å². The van der Waals surface area contributed by atoms with Gasteiger partial charge in [-0.1, -0.05) is 19.9 Å². The van der Waals surface area contributed by atoms with E-state index in [0.29, 0.717) is 18.6 Å². The van der Waals surface area contributed by atoms with E-state index in [2.05, 4.69) is 36.4 Å². The molecule has 0 radical (unpaired) electrons. The third-order valence-corrected chi connectivity index (χ3v) is 4.43. The van der Waals surface area contributed by atoms with Gasteiger partial charge < -0.3 is 15.0 Å². The first kappa shape index (κ1) is 16.0. The predicted molar refractivity (Wildman–Crippen MR) is 92.3 cm³/mol. The van der Waals surface area contributed by atoms with Crippen molar-refractivity contribution in [2.75, 3.05) is 23.8 Å². The molecule has 0 spiro atoms. The standard InChI is InChI=1S/C16H25N3OS/c1-4-10-20-14-8-6-7-13-15(14)18-16(17)19(13)12(3)9-11-21-5-2/h6-8,12H,4-5,9-11H2,1-3H3,(H2,17,18). The second kappa shape index (κ2) is 7.59. The highest BCUT2D eigenvalue weighted by Gasteiger charge is 2.16. The number of hydrogen-bond acceptors (Lipinski definition) is 4. The molecule has 0 aliphatic rings. The third kappa shape index (κ3) is 3.64. The molecule has 0 saturated heterocycles. The van der Waals surface area contributed by atoms with Crippen LogP contribution in [-0.4, -0.2) is 27.7 Å². The quantitative estimate of drug-likeness (QED) is 0.746. The topological polar surface area (TPSA) is 53.1 Å². The van der Waals surface area contributed by atoms with Crippen LogP contribution in [0, 0.1) is 0 Å². The lowest BCUT2D eigenvalue weighted by atomic mass is 10.2. The Balaban J connectivity index is 2.29. The molecule has 2 rings (SSSR count). The van der Waals surface area contributed by atoms with Crippen LogP contribution in [0.3, 0.4) is 0 Å². The summed E-state index contributed by atoms with van der Waals surface area (Å²) in [6, 6.07) is 6.39. The number of rotatable bonds is 8. The predicted octanol–water partition coefficient (Wildman–Crippen LogP) is 4.11. The fourth-order valence-corrected chi connectivity index (χ4v) is 3.22. The van der Waals surface area contributed by atoms with E-state index in [0.717, 1.165) is 41.1 Å². The molecule has 0 fully saturated rings. The van der Waals surface area contributed by atoms with Gasteiger partial charge in [0.15, 0.2) is 0 Å². The van der Waals surface area contributed by atoms with Gasteiger partial charge in [-0.05, 0) is 43.4 Å². The van der Waals surface area contributed by atoms with Crippen molar-refractivity contribution >= 4 is 28.7 Å². The molecule has 2 N–H and O–H groups in total. The molecule has 1 atom stereocenters. The number of aromatic nitrogens is 2. The molecule has 0 amide bonds. The van der Waals surface area contributed by atoms with Crippen LogP contribution in [0.2, 0.25) is 0 Å². The van der Waals surface area contributed by atoms with Crippen molar-refractivity contribution in [1.29, 1.82) is 0 Å². The fraction of sp³-hybridized carbons (Fsp3) is 0.562. The zero-order chi connectivity index (χ0) is 15.2. The average Bonchev–Trinajstić information content (AvgIpc) is 2.81. The average molecular weight is 307 g/mol. The zero-order valence-corrected chi connectivity index (χ0v) is 13.9. The molecule has 0 bridgehead atoms. The monoisotopic (exact) mass is 307 g/mol. The third-order valence-electron chi connectivity index (χ3n) is 3.50. The first-order valence-corrected chi connectivity index (χ1v) is 8.81. The van der Waals surface area contributed by atoms with E-state index in [1.54, 1.807) is 0 Å². The highest BCUT2D eigenvalue weighted by molar-refractivity contribution is 7.99. The number of fused-ring (bicyclic) bond motifs is 1. The smallest absolute Gasteiger partial charge is 0.201 e. The van der Waals surface area contributed by atoms with Gasteiger partial charge in [-0.2, -0.15) is 11.8 Å². The van der Waals surface area contributed by atoms with Gasteiger partial charge in [-0.25, -0.2) is 4.98 Å². The number of anilines is 1. The Morgan fingerprint density at radius 3 is 2.90 bits per heavy atom. The number of hydrogen-bond donors (Lipinski definition) is 1. The second-order valence-corrected chi connectivity index (χ2v) is 6.54. The minimum Gasteiger partial charge on any atom is -0.491 e. The van der Waals surface area contributed by atoms with E-state index in [1.807, 2.05) is 23.9 Å². The SMILES string of the molecule is CCCOc1cccc2c1nc(N)n2C(C)CCSCC. The van der Waals surface area contributed by atoms with Gasteiger partial charge in [0.1, 0.15) is 11.3 Å². The van der Waals surface area contributed by atoms with Crippen LogP contribution in [-0.2, 0) is 0 Å². The van der Waals surface area contributed by atoms with Gasteiger partial charge >= 0.3 is 0 Å². The molecule has 0 aliphatic carbocycles. The normalized spacial score (nSPS) is 12.7. The van der Waals surface area contributed by atoms with Crippen LogP contribution in [0.25, 0.3) is 11.0 Å². The van der Waals surface area contributed by atoms with Crippen LogP contribution in [0.15, 0.2) is 18.2 Å². The summed E-state index contributed by atoms with van der Waals surface area (Å²) in [5, 5.41) is 0. The molecule has 0 saturated carbocycles. The van der Waals surface area contributed by atoms with Gasteiger partial charge in [-0.15, -0.1) is 0 Å². The number of imidazole rings is 1. The Labute approximate surface area is 131 Å². The zero-order valence-electron chi connectivity index (χ0n) is 13.1. The maximum atomic E-state index is 6.15. The van der Waals surface area contributed by atoms with Crippen LogP contribution < -0.4 is 10.5 Å². The Morgan fingerprint density at radius 1 is 1.38 bits per heavy atom. The molecule has 1 aromatic heterocycles. The molecule has 2 aromatic rings. The van der Waals surface area contributed by atoms with Crippen molar-refractivity contribution in [3.8, 4) is 5.75 Å². The Bertz CT molecular complexity index is 582. The number of nitrogen functional groups attached to an aromatic ring is 1. The minimum absolute atomic E-state index is 0.343. The molecule has 5 heteroatoms. The Morgan fingerprint density at radius 2 is 2.19 bits per heavy atom. The molecule has 1 unspecified atom stereocenters. The van der Waals surface area contributed by atoms with Gasteiger partial charge in [-0.3, -0.25) is 0 Å². The number of benzene rings is 1. The molecule has 1 heterocycles. The lowest BCUT2D eigenvalue weighted by Crippen LogP contribution is -2.09. The summed E-state index contributed by atoms with van der Waals surface area (Å²) in [4.78, 5) is 4.52. The van der Waals surface area contributed by atoms with E-state index in [9.17, 15) is 0 Å². The minimum atomic E-state index is 0.343. The van der Waals surface area contributed by atoms with E-state index in [-0.39, 0.29) is 0 Å². The van der Waals surface area contributed by atoms with Gasteiger partial charge in [0.05, 0.1) is 12.1 Å². The van der Waals surface area contributed by atoms with Gasteiger partial charge in [0.25, 0.3) is 0 Å². The van der Waals surface area contributed by atoms with E-state index < -0.39 is 0 Å².